The molecule has 0 saturated carbocycles. The van der Waals surface area contributed by atoms with Crippen LogP contribution in [0.1, 0.15) is 237 Å². The summed E-state index contributed by atoms with van der Waals surface area (Å²) in [7, 11) is 0. The molecule has 0 aliphatic carbocycles. The molecule has 16 heteroatoms. The van der Waals surface area contributed by atoms with Crippen molar-refractivity contribution < 1.29 is 44.2 Å². The predicted molar refractivity (Wildman–Crippen MR) is 300 cm³/mol. The van der Waals surface area contributed by atoms with E-state index in [4.69, 9.17) is 99.3 Å². The van der Waals surface area contributed by atoms with Crippen LogP contribution in [-0.4, -0.2) is 39.6 Å². The minimum Gasteiger partial charge on any atom is -0.691 e. The molecule has 389 valence electrons. The van der Waals surface area contributed by atoms with E-state index in [-0.39, 0.29) is 17.1 Å². The van der Waals surface area contributed by atoms with Gasteiger partial charge in [0.1, 0.15) is 0 Å². The Balaban J connectivity index is -0.000000419. The number of hydrogen-bond donors (Lipinski definition) is 0. The molecule has 0 N–H and O–H groups in total. The van der Waals surface area contributed by atoms with Crippen molar-refractivity contribution >= 4 is 89.2 Å². The van der Waals surface area contributed by atoms with Crippen LogP contribution < -0.4 is 0 Å². The number of hydrogen-bond acceptors (Lipinski definition) is 12. The van der Waals surface area contributed by atoms with Crippen LogP contribution in [0.3, 0.4) is 0 Å². The van der Waals surface area contributed by atoms with E-state index in [1.807, 2.05) is 0 Å². The molecule has 0 aliphatic rings. The molecule has 6 atom stereocenters. The van der Waals surface area contributed by atoms with E-state index in [1.165, 1.54) is 116 Å². The molecule has 64 heavy (non-hydrogen) atoms. The maximum atomic E-state index is 5.80. The third kappa shape index (κ3) is 47.6. The van der Waals surface area contributed by atoms with Crippen molar-refractivity contribution in [1.82, 2.24) is 0 Å². The van der Waals surface area contributed by atoms with Crippen LogP contribution in [0, 0.1) is 35.5 Å². The average molecular weight is 1120 g/mol. The topological polar surface area (TPSA) is 55.4 Å². The molecule has 0 aliphatic heterocycles. The quantitative estimate of drug-likeness (QED) is 0.0332. The molecule has 0 bridgehead atoms. The molecule has 6 unspecified atom stereocenters. The molecule has 0 saturated heterocycles. The molecule has 0 aromatic rings. The zero-order valence-electron chi connectivity index (χ0n) is 43.3. The summed E-state index contributed by atoms with van der Waals surface area (Å²) in [4.78, 5) is 0. The van der Waals surface area contributed by atoms with Crippen LogP contribution in [0.5, 0.6) is 0 Å². The van der Waals surface area contributed by atoms with Crippen molar-refractivity contribution in [3.8, 4) is 0 Å². The van der Waals surface area contributed by atoms with E-state index in [0.29, 0.717) is 75.1 Å². The Morgan fingerprint density at radius 1 is 0.297 bits per heavy atom. The van der Waals surface area contributed by atoms with E-state index < -0.39 is 17.1 Å². The molecule has 0 aromatic carbocycles. The monoisotopic (exact) mass is 1120 g/mol. The maximum Gasteiger partial charge on any atom is 3.00 e. The summed E-state index contributed by atoms with van der Waals surface area (Å²) >= 11 is 32.3. The van der Waals surface area contributed by atoms with Crippen molar-refractivity contribution in [2.45, 2.75) is 237 Å². The van der Waals surface area contributed by atoms with Crippen molar-refractivity contribution in [3.05, 3.63) is 0 Å². The fraction of sp³-hybridized carbons (Fsp3) is 1.00. The van der Waals surface area contributed by atoms with Crippen LogP contribution in [0.2, 0.25) is 0 Å². The van der Waals surface area contributed by atoms with Crippen LogP contribution in [0.4, 0.5) is 0 Å². The molecule has 0 rings (SSSR count). The smallest absolute Gasteiger partial charge is 0.691 e. The summed E-state index contributed by atoms with van der Waals surface area (Å²) < 4.78 is 34.8. The standard InChI is InChI=1S/3C16H35O2PS2.Fe/c3*1-5-9-11-15(7-3)13-17-19(20,21)18-14-16(8-4)12-10-6-2;/h3*15-16H,5-14H2,1-4H3,(H,20,21);/q;;;+3/p-3. The van der Waals surface area contributed by atoms with E-state index in [9.17, 15) is 0 Å². The molecular formula is C48H102FeO6P3S6. The molecule has 0 fully saturated rings. The first kappa shape index (κ1) is 73.8. The second-order valence-electron chi connectivity index (χ2n) is 17.6. The fourth-order valence-electron chi connectivity index (χ4n) is 6.68. The van der Waals surface area contributed by atoms with Crippen LogP contribution in [0.25, 0.3) is 0 Å². The van der Waals surface area contributed by atoms with Gasteiger partial charge in [-0.05, 0) is 74.0 Å². The fourth-order valence-corrected chi connectivity index (χ4v) is 11.5. The van der Waals surface area contributed by atoms with E-state index in [0.717, 1.165) is 38.5 Å². The first-order chi connectivity index (χ1) is 30.0. The summed E-state index contributed by atoms with van der Waals surface area (Å²) in [6.45, 7) is 30.5. The molecule has 0 amide bonds. The Hall–Kier alpha value is 3.28. The van der Waals surface area contributed by atoms with Crippen LogP contribution in [-0.2, 0) is 116 Å². The maximum absolute atomic E-state index is 5.80. The summed E-state index contributed by atoms with van der Waals surface area (Å²) in [5, 5.41) is 0. The molecule has 0 aromatic heterocycles. The van der Waals surface area contributed by atoms with Crippen molar-refractivity contribution in [2.75, 3.05) is 39.6 Å². The molecule has 1 radical (unpaired) electrons. The van der Waals surface area contributed by atoms with Gasteiger partial charge >= 0.3 is 17.1 Å². The normalized spacial score (nSPS) is 17.1. The van der Waals surface area contributed by atoms with Crippen LogP contribution >= 0.6 is 17.1 Å². The van der Waals surface area contributed by atoms with Crippen molar-refractivity contribution in [3.63, 3.8) is 0 Å². The second kappa shape index (κ2) is 49.8. The largest absolute Gasteiger partial charge is 3.00 e. The number of rotatable bonds is 42. The zero-order valence-corrected chi connectivity index (χ0v) is 52.0. The van der Waals surface area contributed by atoms with Gasteiger partial charge in [0.2, 0.25) is 0 Å². The minimum atomic E-state index is -2.47. The van der Waals surface area contributed by atoms with Crippen molar-refractivity contribution in [1.29, 1.82) is 0 Å². The van der Waals surface area contributed by atoms with Crippen molar-refractivity contribution in [2.24, 2.45) is 35.5 Å². The third-order valence-electron chi connectivity index (χ3n) is 12.1. The molecular weight excluding hydrogens is 1010 g/mol. The Morgan fingerprint density at radius 2 is 0.422 bits per heavy atom. The van der Waals surface area contributed by atoms with E-state index >= 15 is 0 Å². The Labute approximate surface area is 442 Å². The minimum absolute atomic E-state index is 0. The third-order valence-corrected chi connectivity index (χ3v) is 18.7. The van der Waals surface area contributed by atoms with Gasteiger partial charge in [-0.2, -0.15) is 0 Å². The molecule has 0 spiro atoms. The summed E-state index contributed by atoms with van der Waals surface area (Å²) in [6, 6.07) is 0. The van der Waals surface area contributed by atoms with Gasteiger partial charge in [0, 0.05) is 0 Å². The Kier molecular flexibility index (Phi) is 57.5. The molecule has 0 heterocycles. The summed E-state index contributed by atoms with van der Waals surface area (Å²) in [5.74, 6) is 3.42. The first-order valence-electron chi connectivity index (χ1n) is 25.8. The second-order valence-corrected chi connectivity index (χ2v) is 32.6. The van der Waals surface area contributed by atoms with Gasteiger partial charge in [0.25, 0.3) is 0 Å². The van der Waals surface area contributed by atoms with Gasteiger partial charge in [0.15, 0.2) is 0 Å². The Morgan fingerprint density at radius 3 is 0.516 bits per heavy atom. The van der Waals surface area contributed by atoms with Gasteiger partial charge < -0.3 is 63.9 Å². The van der Waals surface area contributed by atoms with Gasteiger partial charge in [0.05, 0.1) is 56.7 Å². The summed E-state index contributed by atoms with van der Waals surface area (Å²) in [5.41, 5.74) is -7.42. The van der Waals surface area contributed by atoms with E-state index in [1.54, 1.807) is 0 Å². The van der Waals surface area contributed by atoms with E-state index in [2.05, 4.69) is 83.1 Å². The van der Waals surface area contributed by atoms with Gasteiger partial charge in [-0.3, -0.25) is 0 Å². The zero-order chi connectivity index (χ0) is 48.4. The number of unbranched alkanes of at least 4 members (excludes halogenated alkanes) is 6. The average Bonchev–Trinajstić information content (AvgIpc) is 3.27. The van der Waals surface area contributed by atoms with Crippen LogP contribution in [0.15, 0.2) is 0 Å². The molecule has 6 nitrogen and oxygen atoms in total. The van der Waals surface area contributed by atoms with Gasteiger partial charge in [-0.15, -0.1) is 0 Å². The first-order valence-corrected chi connectivity index (χ1v) is 36.7. The van der Waals surface area contributed by atoms with Gasteiger partial charge in [-0.25, -0.2) is 0 Å². The summed E-state index contributed by atoms with van der Waals surface area (Å²) in [6.07, 6.45) is 28.8. The Bertz CT molecular complexity index is 931. The van der Waals surface area contributed by atoms with Gasteiger partial charge in [-0.1, -0.05) is 234 Å². The predicted octanol–water partition coefficient (Wildman–Crippen LogP) is 18.7. The SMILES string of the molecule is CCCCC(CC)COP(=S)([S-])OCC(CC)CCCC.CCCCC(CC)COP(=S)([S-])OCC(CC)CCCC.CCCCC(CC)COP(=S)([S-])OCC(CC)CCCC.[Fe+3].